The number of hydrogen-bond acceptors (Lipinski definition) is 3. The van der Waals surface area contributed by atoms with Crippen LogP contribution in [0.1, 0.15) is 36.4 Å². The van der Waals surface area contributed by atoms with Crippen molar-refractivity contribution < 1.29 is 14.3 Å². The fraction of sp³-hybridized carbons (Fsp3) is 0.529. The number of imide groups is 1. The van der Waals surface area contributed by atoms with Crippen LogP contribution in [0, 0.1) is 12.8 Å². The van der Waals surface area contributed by atoms with E-state index in [1.807, 2.05) is 31.2 Å². The van der Waals surface area contributed by atoms with Crippen molar-refractivity contribution in [2.24, 2.45) is 5.92 Å². The van der Waals surface area contributed by atoms with E-state index in [2.05, 4.69) is 5.32 Å². The van der Waals surface area contributed by atoms with Gasteiger partial charge < -0.3 is 10.1 Å². The first kappa shape index (κ1) is 15.0. The number of nitrogens with one attached hydrogen (secondary N) is 1. The smallest absolute Gasteiger partial charge is 0.324 e. The van der Waals surface area contributed by atoms with Crippen molar-refractivity contribution in [1.82, 2.24) is 10.2 Å². The minimum Gasteiger partial charge on any atom is -0.381 e. The summed E-state index contributed by atoms with van der Waals surface area (Å²) in [5, 5.41) is 2.97. The topological polar surface area (TPSA) is 58.6 Å². The van der Waals surface area contributed by atoms with Gasteiger partial charge in [-0.25, -0.2) is 4.79 Å². The van der Waals surface area contributed by atoms with Crippen molar-refractivity contribution in [3.05, 3.63) is 35.4 Å². The minimum atomic E-state index is -0.282. The Balaban J connectivity index is 1.68. The molecule has 0 radical (unpaired) electrons. The number of amides is 3. The number of carbonyl (C=O) groups is 2. The van der Waals surface area contributed by atoms with Crippen molar-refractivity contribution >= 4 is 11.9 Å². The molecule has 3 amide bonds. The van der Waals surface area contributed by atoms with Crippen LogP contribution in [0.25, 0.3) is 0 Å². The maximum Gasteiger partial charge on any atom is 0.324 e. The summed E-state index contributed by atoms with van der Waals surface area (Å²) in [4.78, 5) is 26.1. The molecule has 2 saturated heterocycles. The van der Waals surface area contributed by atoms with Gasteiger partial charge in [0.1, 0.15) is 0 Å². The number of aryl methyl sites for hydroxylation is 1. The Morgan fingerprint density at radius 1 is 1.32 bits per heavy atom. The van der Waals surface area contributed by atoms with E-state index in [0.29, 0.717) is 19.6 Å². The second-order valence-corrected chi connectivity index (χ2v) is 6.15. The number of rotatable bonds is 3. The molecule has 0 aromatic heterocycles. The lowest BCUT2D eigenvalue weighted by molar-refractivity contribution is -0.131. The van der Waals surface area contributed by atoms with Gasteiger partial charge in [-0.05, 0) is 30.9 Å². The molecule has 2 unspecified atom stereocenters. The zero-order valence-corrected chi connectivity index (χ0v) is 12.9. The van der Waals surface area contributed by atoms with Gasteiger partial charge in [0, 0.05) is 19.1 Å². The summed E-state index contributed by atoms with van der Waals surface area (Å²) in [5.74, 6) is 0.168. The van der Waals surface area contributed by atoms with E-state index in [1.54, 1.807) is 0 Å². The molecule has 0 saturated carbocycles. The van der Waals surface area contributed by atoms with Gasteiger partial charge in [-0.3, -0.25) is 9.69 Å². The molecule has 22 heavy (non-hydrogen) atoms. The van der Waals surface area contributed by atoms with Gasteiger partial charge in [0.05, 0.1) is 19.1 Å². The molecule has 2 aliphatic heterocycles. The third kappa shape index (κ3) is 3.14. The number of urea groups is 1. The first-order valence-electron chi connectivity index (χ1n) is 7.89. The number of carbonyl (C=O) groups excluding carboxylic acids is 2. The SMILES string of the molecule is Cc1ccccc1C1CC(=O)N(CC2CCCOC2)C(=O)N1. The zero-order valence-electron chi connectivity index (χ0n) is 12.9. The number of ether oxygens (including phenoxy) is 1. The lowest BCUT2D eigenvalue weighted by Crippen LogP contribution is -2.53. The summed E-state index contributed by atoms with van der Waals surface area (Å²) in [6.07, 6.45) is 2.34. The van der Waals surface area contributed by atoms with Crippen molar-refractivity contribution in [2.75, 3.05) is 19.8 Å². The van der Waals surface area contributed by atoms with Crippen molar-refractivity contribution in [3.63, 3.8) is 0 Å². The molecule has 1 aromatic carbocycles. The average Bonchev–Trinajstić information content (AvgIpc) is 2.52. The third-order valence-corrected chi connectivity index (χ3v) is 4.48. The van der Waals surface area contributed by atoms with Gasteiger partial charge in [0.25, 0.3) is 0 Å². The van der Waals surface area contributed by atoms with E-state index >= 15 is 0 Å². The monoisotopic (exact) mass is 302 g/mol. The fourth-order valence-corrected chi connectivity index (χ4v) is 3.24. The average molecular weight is 302 g/mol. The fourth-order valence-electron chi connectivity index (χ4n) is 3.24. The van der Waals surface area contributed by atoms with Crippen LogP contribution in [-0.2, 0) is 9.53 Å². The molecular weight excluding hydrogens is 280 g/mol. The Hall–Kier alpha value is -1.88. The maximum atomic E-state index is 12.4. The van der Waals surface area contributed by atoms with Gasteiger partial charge in [0.15, 0.2) is 0 Å². The number of hydrogen-bond donors (Lipinski definition) is 1. The molecule has 3 rings (SSSR count). The van der Waals surface area contributed by atoms with Crippen LogP contribution in [0.5, 0.6) is 0 Å². The number of benzene rings is 1. The van der Waals surface area contributed by atoms with Crippen LogP contribution in [0.15, 0.2) is 24.3 Å². The van der Waals surface area contributed by atoms with Crippen LogP contribution in [0.4, 0.5) is 4.79 Å². The quantitative estimate of drug-likeness (QED) is 0.933. The van der Waals surface area contributed by atoms with Crippen LogP contribution >= 0.6 is 0 Å². The van der Waals surface area contributed by atoms with E-state index in [0.717, 1.165) is 30.6 Å². The van der Waals surface area contributed by atoms with Crippen LogP contribution in [0.3, 0.4) is 0 Å². The molecule has 2 aliphatic rings. The van der Waals surface area contributed by atoms with Gasteiger partial charge in [0.2, 0.25) is 5.91 Å². The molecule has 5 nitrogen and oxygen atoms in total. The summed E-state index contributed by atoms with van der Waals surface area (Å²) in [7, 11) is 0. The maximum absolute atomic E-state index is 12.4. The second-order valence-electron chi connectivity index (χ2n) is 6.15. The molecule has 0 aliphatic carbocycles. The minimum absolute atomic E-state index is 0.0948. The second kappa shape index (κ2) is 6.48. The third-order valence-electron chi connectivity index (χ3n) is 4.48. The van der Waals surface area contributed by atoms with Crippen LogP contribution < -0.4 is 5.32 Å². The molecule has 2 fully saturated rings. The highest BCUT2D eigenvalue weighted by Gasteiger charge is 2.34. The van der Waals surface area contributed by atoms with E-state index in [-0.39, 0.29) is 23.9 Å². The first-order valence-corrected chi connectivity index (χ1v) is 7.89. The molecule has 2 heterocycles. The predicted molar refractivity (Wildman–Crippen MR) is 82.3 cm³/mol. The predicted octanol–water partition coefficient (Wildman–Crippen LogP) is 2.40. The molecule has 1 N–H and O–H groups in total. The summed E-state index contributed by atoms with van der Waals surface area (Å²) >= 11 is 0. The summed E-state index contributed by atoms with van der Waals surface area (Å²) in [6, 6.07) is 7.36. The van der Waals surface area contributed by atoms with Crippen molar-refractivity contribution in [2.45, 2.75) is 32.2 Å². The lowest BCUT2D eigenvalue weighted by Gasteiger charge is -2.35. The van der Waals surface area contributed by atoms with E-state index in [4.69, 9.17) is 4.74 Å². The highest BCUT2D eigenvalue weighted by atomic mass is 16.5. The van der Waals surface area contributed by atoms with Crippen molar-refractivity contribution in [1.29, 1.82) is 0 Å². The molecule has 0 bridgehead atoms. The van der Waals surface area contributed by atoms with Crippen LogP contribution in [-0.4, -0.2) is 36.6 Å². The number of nitrogens with zero attached hydrogens (tertiary/aromatic N) is 1. The summed E-state index contributed by atoms with van der Waals surface area (Å²) < 4.78 is 5.43. The molecule has 5 heteroatoms. The molecule has 118 valence electrons. The summed E-state index contributed by atoms with van der Waals surface area (Å²) in [6.45, 7) is 3.88. The van der Waals surface area contributed by atoms with Crippen LogP contribution in [0.2, 0.25) is 0 Å². The molecule has 1 aromatic rings. The Labute approximate surface area is 130 Å². The highest BCUT2D eigenvalue weighted by Crippen LogP contribution is 2.26. The van der Waals surface area contributed by atoms with Crippen molar-refractivity contribution in [3.8, 4) is 0 Å². The molecule has 2 atom stereocenters. The Bertz CT molecular complexity index is 549. The van der Waals surface area contributed by atoms with E-state index in [1.165, 1.54) is 4.90 Å². The normalized spacial score (nSPS) is 26.0. The van der Waals surface area contributed by atoms with E-state index in [9.17, 15) is 9.59 Å². The zero-order chi connectivity index (χ0) is 15.5. The molecular formula is C17H22N2O3. The standard InChI is InChI=1S/C17H22N2O3/c1-12-5-2-3-7-14(12)15-9-16(20)19(17(21)18-15)10-13-6-4-8-22-11-13/h2-3,5,7,13,15H,4,6,8-11H2,1H3,(H,18,21). The highest BCUT2D eigenvalue weighted by molar-refractivity contribution is 5.97. The Morgan fingerprint density at radius 2 is 2.14 bits per heavy atom. The van der Waals surface area contributed by atoms with Gasteiger partial charge in [-0.2, -0.15) is 0 Å². The van der Waals surface area contributed by atoms with E-state index < -0.39 is 0 Å². The first-order chi connectivity index (χ1) is 10.6. The van der Waals surface area contributed by atoms with Gasteiger partial charge >= 0.3 is 6.03 Å². The summed E-state index contributed by atoms with van der Waals surface area (Å²) in [5.41, 5.74) is 2.11. The van der Waals surface area contributed by atoms with Gasteiger partial charge in [-0.15, -0.1) is 0 Å². The lowest BCUT2D eigenvalue weighted by atomic mass is 9.96. The molecule has 0 spiro atoms. The largest absolute Gasteiger partial charge is 0.381 e. The Kier molecular flexibility index (Phi) is 4.43. The van der Waals surface area contributed by atoms with Gasteiger partial charge in [-0.1, -0.05) is 24.3 Å². The Morgan fingerprint density at radius 3 is 2.82 bits per heavy atom.